The van der Waals surface area contributed by atoms with Crippen LogP contribution in [0.5, 0.6) is 0 Å². The van der Waals surface area contributed by atoms with Crippen LogP contribution in [0.1, 0.15) is 55.5 Å². The Morgan fingerprint density at radius 2 is 0.703 bits per heavy atom. The van der Waals surface area contributed by atoms with Crippen LogP contribution in [-0.4, -0.2) is 16.1 Å². The second-order valence-corrected chi connectivity index (χ2v) is 22.0. The average Bonchev–Trinajstić information content (AvgIpc) is 2.96. The molecule has 0 atom stereocenters. The maximum atomic E-state index is 2.64. The highest BCUT2D eigenvalue weighted by Gasteiger charge is 2.50. The van der Waals surface area contributed by atoms with Crippen molar-refractivity contribution in [1.82, 2.24) is 0 Å². The minimum absolute atomic E-state index is 0.409. The predicted octanol–water partition coefficient (Wildman–Crippen LogP) is 7.30. The maximum absolute atomic E-state index is 2.64. The van der Waals surface area contributed by atoms with Gasteiger partial charge in [0.25, 0.3) is 0 Å². The smallest absolute Gasteiger partial charge is 0.0656 e. The summed E-state index contributed by atoms with van der Waals surface area (Å²) in [4.78, 5) is 0. The highest BCUT2D eigenvalue weighted by molar-refractivity contribution is 7.13. The first kappa shape index (κ1) is 27.6. The molecule has 0 nitrogen and oxygen atoms in total. The van der Waals surface area contributed by atoms with Crippen molar-refractivity contribution < 1.29 is 0 Å². The van der Waals surface area contributed by atoms with Gasteiger partial charge in [0.15, 0.2) is 8.07 Å². The monoisotopic (exact) mass is 522 g/mol. The van der Waals surface area contributed by atoms with E-state index in [9.17, 15) is 0 Å². The summed E-state index contributed by atoms with van der Waals surface area (Å²) in [6.07, 6.45) is 0. The number of hydrogen-bond acceptors (Lipinski definition) is 0. The molecule has 37 heavy (non-hydrogen) atoms. The van der Waals surface area contributed by atoms with Gasteiger partial charge in [0.1, 0.15) is 0 Å². The molecule has 0 amide bonds. The van der Waals surface area contributed by atoms with Crippen LogP contribution in [0.3, 0.4) is 0 Å². The molecule has 0 bridgehead atoms. The molecule has 3 aromatic rings. The lowest BCUT2D eigenvalue weighted by atomic mass is 10.1. The highest BCUT2D eigenvalue weighted by Crippen LogP contribution is 2.46. The van der Waals surface area contributed by atoms with E-state index in [4.69, 9.17) is 0 Å². The van der Waals surface area contributed by atoms with Crippen LogP contribution in [0, 0.1) is 34.6 Å². The van der Waals surface area contributed by atoms with E-state index < -0.39 is 16.1 Å². The largest absolute Gasteiger partial charge is 0.159 e. The lowest BCUT2D eigenvalue weighted by Gasteiger charge is -2.42. The Bertz CT molecular complexity index is 1330. The molecule has 3 aromatic carbocycles. The Hall–Kier alpha value is -2.43. The van der Waals surface area contributed by atoms with Gasteiger partial charge in [-0.05, 0) is 89.0 Å². The zero-order chi connectivity index (χ0) is 27.4. The van der Waals surface area contributed by atoms with Gasteiger partial charge in [0.2, 0.25) is 0 Å². The van der Waals surface area contributed by atoms with Crippen molar-refractivity contribution in [2.75, 3.05) is 0 Å². The summed E-state index contributed by atoms with van der Waals surface area (Å²) in [5, 5.41) is 6.25. The van der Waals surface area contributed by atoms with Crippen molar-refractivity contribution in [2.45, 2.75) is 87.5 Å². The zero-order valence-electron chi connectivity index (χ0n) is 25.3. The first-order valence-electron chi connectivity index (χ1n) is 13.8. The van der Waals surface area contributed by atoms with Gasteiger partial charge < -0.3 is 0 Å². The summed E-state index contributed by atoms with van der Waals surface area (Å²) in [6.45, 7) is 28.4. The van der Waals surface area contributed by atoms with Crippen molar-refractivity contribution in [1.29, 1.82) is 0 Å². The zero-order valence-corrected chi connectivity index (χ0v) is 27.3. The molecule has 0 aliphatic heterocycles. The SMILES string of the molecule is CC1=C(C)C([Si](c2cc(C)cc(C)c2)(c2cc(C)cc(C)c2)c2cc(C)cc([Si](C)(C)C)c2)C(C)=C1C. The van der Waals surface area contributed by atoms with Gasteiger partial charge in [0.05, 0.1) is 8.07 Å². The number of rotatable bonds is 5. The van der Waals surface area contributed by atoms with Crippen LogP contribution in [-0.2, 0) is 0 Å². The second-order valence-electron chi connectivity index (χ2n) is 12.9. The first-order chi connectivity index (χ1) is 17.2. The molecule has 0 N–H and O–H groups in total. The van der Waals surface area contributed by atoms with Crippen LogP contribution in [0.15, 0.2) is 76.9 Å². The Balaban J connectivity index is 2.30. The normalized spacial score (nSPS) is 15.2. The summed E-state index contributed by atoms with van der Waals surface area (Å²) in [6, 6.07) is 22.4. The van der Waals surface area contributed by atoms with E-state index in [1.54, 1.807) is 31.9 Å². The van der Waals surface area contributed by atoms with E-state index in [1.165, 1.54) is 39.0 Å². The standard InChI is InChI=1S/C35H46Si2/c1-22-13-23(2)17-32(16-22)37(33-18-24(3)14-25(4)19-33,35-29(8)27(6)28(7)30(35)9)34-20-26(5)15-31(21-34)36(10,11)12/h13-21,35H,1-12H3. The van der Waals surface area contributed by atoms with Gasteiger partial charge in [-0.2, -0.15) is 0 Å². The highest BCUT2D eigenvalue weighted by atomic mass is 28.3. The number of hydrogen-bond donors (Lipinski definition) is 0. The lowest BCUT2D eigenvalue weighted by Crippen LogP contribution is -2.71. The second kappa shape index (κ2) is 9.71. The third-order valence-corrected chi connectivity index (χ3v) is 16.1. The first-order valence-corrected chi connectivity index (χ1v) is 19.4. The molecule has 194 valence electrons. The molecule has 0 saturated heterocycles. The Kier molecular flexibility index (Phi) is 7.24. The summed E-state index contributed by atoms with van der Waals surface area (Å²) in [5.74, 6) is 0. The summed E-state index contributed by atoms with van der Waals surface area (Å²) < 4.78 is 0. The maximum Gasteiger partial charge on any atom is 0.159 e. The van der Waals surface area contributed by atoms with E-state index in [1.807, 2.05) is 0 Å². The molecule has 0 fully saturated rings. The number of allylic oxidation sites excluding steroid dienone is 4. The van der Waals surface area contributed by atoms with Gasteiger partial charge in [0, 0.05) is 5.54 Å². The molecular formula is C35H46Si2. The van der Waals surface area contributed by atoms with E-state index in [0.717, 1.165) is 0 Å². The average molecular weight is 523 g/mol. The molecule has 0 spiro atoms. The van der Waals surface area contributed by atoms with E-state index in [2.05, 4.69) is 137 Å². The molecule has 0 aromatic heterocycles. The van der Waals surface area contributed by atoms with Crippen LogP contribution in [0.25, 0.3) is 0 Å². The lowest BCUT2D eigenvalue weighted by molar-refractivity contribution is 1.09. The quantitative estimate of drug-likeness (QED) is 0.244. The third kappa shape index (κ3) is 4.79. The van der Waals surface area contributed by atoms with Crippen molar-refractivity contribution >= 4 is 36.9 Å². The Morgan fingerprint density at radius 3 is 1.05 bits per heavy atom. The molecule has 0 unspecified atom stereocenters. The summed E-state index contributed by atoms with van der Waals surface area (Å²) in [7, 11) is -4.08. The van der Waals surface area contributed by atoms with Crippen molar-refractivity contribution in [3.05, 3.63) is 105 Å². The van der Waals surface area contributed by atoms with Gasteiger partial charge in [-0.3, -0.25) is 0 Å². The van der Waals surface area contributed by atoms with Crippen molar-refractivity contribution in [3.63, 3.8) is 0 Å². The third-order valence-electron chi connectivity index (χ3n) is 8.80. The van der Waals surface area contributed by atoms with E-state index >= 15 is 0 Å². The van der Waals surface area contributed by atoms with Crippen molar-refractivity contribution in [2.24, 2.45) is 0 Å². The predicted molar refractivity (Wildman–Crippen MR) is 171 cm³/mol. The van der Waals surface area contributed by atoms with Crippen LogP contribution in [0.4, 0.5) is 0 Å². The van der Waals surface area contributed by atoms with Crippen LogP contribution < -0.4 is 20.7 Å². The minimum Gasteiger partial charge on any atom is -0.0656 e. The fourth-order valence-electron chi connectivity index (χ4n) is 6.85. The van der Waals surface area contributed by atoms with Gasteiger partial charge in [-0.25, -0.2) is 0 Å². The van der Waals surface area contributed by atoms with Crippen LogP contribution >= 0.6 is 0 Å². The van der Waals surface area contributed by atoms with Gasteiger partial charge in [-0.15, -0.1) is 0 Å². The minimum atomic E-state index is -2.56. The topological polar surface area (TPSA) is 0 Å². The molecule has 0 radical (unpaired) electrons. The van der Waals surface area contributed by atoms with Gasteiger partial charge in [-0.1, -0.05) is 118 Å². The molecule has 2 heteroatoms. The molecule has 0 saturated carbocycles. The fraction of sp³-hybridized carbons (Fsp3) is 0.371. The molecular weight excluding hydrogens is 477 g/mol. The van der Waals surface area contributed by atoms with E-state index in [-0.39, 0.29) is 0 Å². The Labute approximate surface area is 228 Å². The fourth-order valence-corrected chi connectivity index (χ4v) is 14.6. The summed E-state index contributed by atoms with van der Waals surface area (Å²) in [5.41, 5.74) is 13.4. The molecule has 1 aliphatic carbocycles. The molecule has 1 aliphatic rings. The van der Waals surface area contributed by atoms with E-state index in [0.29, 0.717) is 5.54 Å². The number of benzene rings is 3. The number of aryl methyl sites for hydroxylation is 5. The van der Waals surface area contributed by atoms with Crippen LogP contribution in [0.2, 0.25) is 25.2 Å². The molecule has 4 rings (SSSR count). The molecule has 0 heterocycles. The Morgan fingerprint density at radius 1 is 0.405 bits per heavy atom. The summed E-state index contributed by atoms with van der Waals surface area (Å²) >= 11 is 0. The van der Waals surface area contributed by atoms with Gasteiger partial charge >= 0.3 is 0 Å². The van der Waals surface area contributed by atoms with Crippen molar-refractivity contribution in [3.8, 4) is 0 Å².